The highest BCUT2D eigenvalue weighted by Gasteiger charge is 2.40. The number of hydrogen-bond donors (Lipinski definition) is 1. The molecule has 0 bridgehead atoms. The van der Waals surface area contributed by atoms with Gasteiger partial charge in [0.2, 0.25) is 0 Å². The Bertz CT molecular complexity index is 788. The van der Waals surface area contributed by atoms with E-state index < -0.39 is 17.9 Å². The lowest BCUT2D eigenvalue weighted by Crippen LogP contribution is -2.40. The number of benzene rings is 2. The summed E-state index contributed by atoms with van der Waals surface area (Å²) in [5, 5.41) is 10.5. The van der Waals surface area contributed by atoms with Crippen LogP contribution in [0.2, 0.25) is 5.02 Å². The summed E-state index contributed by atoms with van der Waals surface area (Å²) in [6.07, 6.45) is 1.08. The monoisotopic (exact) mass is 357 g/mol. The van der Waals surface area contributed by atoms with Gasteiger partial charge in [0.05, 0.1) is 12.0 Å². The zero-order valence-corrected chi connectivity index (χ0v) is 14.7. The van der Waals surface area contributed by atoms with Crippen LogP contribution in [-0.4, -0.2) is 28.4 Å². The minimum absolute atomic E-state index is 0.110. The molecule has 0 saturated carbocycles. The van der Waals surface area contributed by atoms with Crippen LogP contribution in [0.25, 0.3) is 0 Å². The zero-order chi connectivity index (χ0) is 18.0. The third-order valence-corrected chi connectivity index (χ3v) is 4.91. The molecule has 1 aliphatic heterocycles. The number of fused-ring (bicyclic) bond motifs is 1. The Morgan fingerprint density at radius 3 is 2.52 bits per heavy atom. The molecule has 2 aromatic rings. The van der Waals surface area contributed by atoms with Crippen molar-refractivity contribution in [2.24, 2.45) is 5.92 Å². The average molecular weight is 358 g/mol. The minimum atomic E-state index is -0.898. The highest BCUT2D eigenvalue weighted by atomic mass is 35.5. The quantitative estimate of drug-likeness (QED) is 0.892. The van der Waals surface area contributed by atoms with Gasteiger partial charge in [-0.2, -0.15) is 0 Å². The second-order valence-corrected chi connectivity index (χ2v) is 6.74. The lowest BCUT2D eigenvalue weighted by Gasteiger charge is -2.33. The second kappa shape index (κ2) is 7.28. The van der Waals surface area contributed by atoms with Crippen LogP contribution in [0.15, 0.2) is 48.5 Å². The van der Waals surface area contributed by atoms with E-state index in [2.05, 4.69) is 0 Å². The summed E-state index contributed by atoms with van der Waals surface area (Å²) < 4.78 is 0. The lowest BCUT2D eigenvalue weighted by atomic mass is 9.87. The van der Waals surface area contributed by atoms with E-state index in [1.54, 1.807) is 23.1 Å². The molecule has 3 rings (SSSR count). The third kappa shape index (κ3) is 3.40. The predicted octanol–water partition coefficient (Wildman–Crippen LogP) is 4.19. The highest BCUT2D eigenvalue weighted by molar-refractivity contribution is 6.30. The molecule has 2 aromatic carbocycles. The SMILES string of the molecule is CCCN1C(=O)c2ccccc2C[C@H](C(=O)O)[C@H]1c1ccc(Cl)cc1. The minimum Gasteiger partial charge on any atom is -0.481 e. The maximum atomic E-state index is 13.2. The maximum Gasteiger partial charge on any atom is 0.309 e. The Morgan fingerprint density at radius 2 is 1.88 bits per heavy atom. The Morgan fingerprint density at radius 1 is 1.20 bits per heavy atom. The summed E-state index contributed by atoms with van der Waals surface area (Å²) in [4.78, 5) is 26.9. The number of nitrogens with zero attached hydrogens (tertiary/aromatic N) is 1. The van der Waals surface area contributed by atoms with Crippen molar-refractivity contribution >= 4 is 23.5 Å². The van der Waals surface area contributed by atoms with Gasteiger partial charge in [-0.05, 0) is 42.2 Å². The first-order chi connectivity index (χ1) is 12.0. The van der Waals surface area contributed by atoms with Crippen LogP contribution < -0.4 is 0 Å². The van der Waals surface area contributed by atoms with Crippen molar-refractivity contribution in [2.45, 2.75) is 25.8 Å². The molecule has 0 aliphatic carbocycles. The van der Waals surface area contributed by atoms with Crippen LogP contribution in [0.5, 0.6) is 0 Å². The first-order valence-electron chi connectivity index (χ1n) is 8.40. The van der Waals surface area contributed by atoms with Gasteiger partial charge in [-0.15, -0.1) is 0 Å². The molecule has 1 amide bonds. The van der Waals surface area contributed by atoms with Gasteiger partial charge in [0, 0.05) is 17.1 Å². The van der Waals surface area contributed by atoms with Crippen LogP contribution in [0.1, 0.15) is 40.9 Å². The van der Waals surface area contributed by atoms with Crippen molar-refractivity contribution in [3.8, 4) is 0 Å². The van der Waals surface area contributed by atoms with Gasteiger partial charge in [-0.1, -0.05) is 48.9 Å². The average Bonchev–Trinajstić information content (AvgIpc) is 2.72. The van der Waals surface area contributed by atoms with E-state index in [9.17, 15) is 14.7 Å². The standard InChI is InChI=1S/C20H20ClNO3/c1-2-11-22-18(13-7-9-15(21)10-8-13)17(20(24)25)12-14-5-3-4-6-16(14)19(22)23/h3-10,17-18H,2,11-12H2,1H3,(H,24,25)/t17-,18+/m0/s1. The molecule has 0 unspecified atom stereocenters. The molecule has 2 atom stereocenters. The fourth-order valence-corrected chi connectivity index (χ4v) is 3.66. The van der Waals surface area contributed by atoms with Crippen molar-refractivity contribution in [1.82, 2.24) is 4.90 Å². The van der Waals surface area contributed by atoms with E-state index in [1.807, 2.05) is 37.3 Å². The van der Waals surface area contributed by atoms with E-state index >= 15 is 0 Å². The molecular weight excluding hydrogens is 338 g/mol. The maximum absolute atomic E-state index is 13.2. The number of carbonyl (C=O) groups excluding carboxylic acids is 1. The Hall–Kier alpha value is -2.33. The largest absolute Gasteiger partial charge is 0.481 e. The molecule has 1 heterocycles. The van der Waals surface area contributed by atoms with Gasteiger partial charge in [0.25, 0.3) is 5.91 Å². The molecule has 0 saturated heterocycles. The molecule has 5 heteroatoms. The number of carboxylic acid groups (broad SMARTS) is 1. The van der Waals surface area contributed by atoms with E-state index in [0.29, 0.717) is 23.6 Å². The lowest BCUT2D eigenvalue weighted by molar-refractivity contribution is -0.143. The first kappa shape index (κ1) is 17.5. The molecule has 130 valence electrons. The van der Waals surface area contributed by atoms with E-state index in [-0.39, 0.29) is 5.91 Å². The fraction of sp³-hybridized carbons (Fsp3) is 0.300. The van der Waals surface area contributed by atoms with Gasteiger partial charge < -0.3 is 10.0 Å². The summed E-state index contributed by atoms with van der Waals surface area (Å²) in [7, 11) is 0. The van der Waals surface area contributed by atoms with Crippen LogP contribution in [0.4, 0.5) is 0 Å². The van der Waals surface area contributed by atoms with Crippen molar-refractivity contribution in [2.75, 3.05) is 6.54 Å². The van der Waals surface area contributed by atoms with Crippen molar-refractivity contribution in [3.63, 3.8) is 0 Å². The second-order valence-electron chi connectivity index (χ2n) is 6.30. The van der Waals surface area contributed by atoms with Crippen LogP contribution in [0, 0.1) is 5.92 Å². The van der Waals surface area contributed by atoms with Gasteiger partial charge in [0.1, 0.15) is 0 Å². The molecule has 1 N–H and O–H groups in total. The fourth-order valence-electron chi connectivity index (χ4n) is 3.53. The zero-order valence-electron chi connectivity index (χ0n) is 14.0. The summed E-state index contributed by atoms with van der Waals surface area (Å²) in [6, 6.07) is 13.9. The topological polar surface area (TPSA) is 57.6 Å². The predicted molar refractivity (Wildman–Crippen MR) is 96.8 cm³/mol. The summed E-state index contributed by atoms with van der Waals surface area (Å²) in [6.45, 7) is 2.49. The van der Waals surface area contributed by atoms with Gasteiger partial charge >= 0.3 is 5.97 Å². The van der Waals surface area contributed by atoms with Gasteiger partial charge in [-0.3, -0.25) is 9.59 Å². The Kier molecular flexibility index (Phi) is 5.09. The van der Waals surface area contributed by atoms with Crippen LogP contribution >= 0.6 is 11.6 Å². The van der Waals surface area contributed by atoms with Gasteiger partial charge in [-0.25, -0.2) is 0 Å². The highest BCUT2D eigenvalue weighted by Crippen LogP contribution is 2.37. The summed E-state index contributed by atoms with van der Waals surface area (Å²) in [5.74, 6) is -1.72. The number of aliphatic carboxylic acids is 1. The number of carbonyl (C=O) groups is 2. The van der Waals surface area contributed by atoms with Crippen molar-refractivity contribution in [3.05, 3.63) is 70.2 Å². The molecular formula is C20H20ClNO3. The van der Waals surface area contributed by atoms with Gasteiger partial charge in [0.15, 0.2) is 0 Å². The molecule has 0 fully saturated rings. The number of amides is 1. The van der Waals surface area contributed by atoms with Crippen molar-refractivity contribution in [1.29, 1.82) is 0 Å². The molecule has 0 radical (unpaired) electrons. The number of hydrogen-bond acceptors (Lipinski definition) is 2. The smallest absolute Gasteiger partial charge is 0.309 e. The molecule has 4 nitrogen and oxygen atoms in total. The van der Waals surface area contributed by atoms with Crippen LogP contribution in [0.3, 0.4) is 0 Å². The Balaban J connectivity index is 2.16. The molecule has 0 aromatic heterocycles. The Labute approximate surface area is 152 Å². The summed E-state index contributed by atoms with van der Waals surface area (Å²) in [5.41, 5.74) is 2.18. The molecule has 0 spiro atoms. The van der Waals surface area contributed by atoms with E-state index in [0.717, 1.165) is 17.5 Å². The van der Waals surface area contributed by atoms with E-state index in [1.165, 1.54) is 0 Å². The molecule has 1 aliphatic rings. The van der Waals surface area contributed by atoms with Crippen LogP contribution in [-0.2, 0) is 11.2 Å². The number of carboxylic acids is 1. The first-order valence-corrected chi connectivity index (χ1v) is 8.78. The number of halogens is 1. The van der Waals surface area contributed by atoms with Crippen molar-refractivity contribution < 1.29 is 14.7 Å². The normalized spacial score (nSPS) is 20.1. The third-order valence-electron chi connectivity index (χ3n) is 4.66. The molecule has 25 heavy (non-hydrogen) atoms. The van der Waals surface area contributed by atoms with E-state index in [4.69, 9.17) is 11.6 Å². The summed E-state index contributed by atoms with van der Waals surface area (Å²) >= 11 is 5.98. The number of rotatable bonds is 4.